The van der Waals surface area contributed by atoms with Gasteiger partial charge in [0.05, 0.1) is 6.04 Å². The fourth-order valence-corrected chi connectivity index (χ4v) is 2.33. The van der Waals surface area contributed by atoms with Crippen LogP contribution in [-0.2, 0) is 4.79 Å². The van der Waals surface area contributed by atoms with Gasteiger partial charge in [-0.2, -0.15) is 0 Å². The van der Waals surface area contributed by atoms with Crippen LogP contribution in [0.5, 0.6) is 0 Å². The van der Waals surface area contributed by atoms with Crippen molar-refractivity contribution in [2.45, 2.75) is 23.8 Å². The maximum absolute atomic E-state index is 11.9. The Labute approximate surface area is 100.0 Å². The van der Waals surface area contributed by atoms with Crippen molar-refractivity contribution in [1.29, 1.82) is 0 Å². The fourth-order valence-electron chi connectivity index (χ4n) is 1.92. The molecule has 1 amide bonds. The highest BCUT2D eigenvalue weighted by Crippen LogP contribution is 2.23. The molecule has 1 heterocycles. The summed E-state index contributed by atoms with van der Waals surface area (Å²) in [6.07, 6.45) is 3.83. The van der Waals surface area contributed by atoms with E-state index in [0.717, 1.165) is 25.1 Å². The highest BCUT2D eigenvalue weighted by molar-refractivity contribution is 7.98. The SMILES string of the molecule is CSc1ccc(N2CCCC(N)C2=O)cc1. The van der Waals surface area contributed by atoms with Gasteiger partial charge < -0.3 is 10.6 Å². The molecule has 4 heteroatoms. The van der Waals surface area contributed by atoms with Gasteiger partial charge in [-0.05, 0) is 43.4 Å². The van der Waals surface area contributed by atoms with E-state index in [1.54, 1.807) is 16.7 Å². The predicted molar refractivity (Wildman–Crippen MR) is 67.8 cm³/mol. The molecule has 0 bridgehead atoms. The molecule has 0 aromatic heterocycles. The Kier molecular flexibility index (Phi) is 3.51. The molecule has 16 heavy (non-hydrogen) atoms. The number of nitrogens with two attached hydrogens (primary N) is 1. The summed E-state index contributed by atoms with van der Waals surface area (Å²) in [7, 11) is 0. The number of benzene rings is 1. The molecule has 1 aliphatic rings. The number of anilines is 1. The van der Waals surface area contributed by atoms with Crippen molar-refractivity contribution in [3.05, 3.63) is 24.3 Å². The summed E-state index contributed by atoms with van der Waals surface area (Å²) in [5.74, 6) is 0.0446. The number of hydrogen-bond donors (Lipinski definition) is 1. The Bertz CT molecular complexity index is 377. The largest absolute Gasteiger partial charge is 0.320 e. The topological polar surface area (TPSA) is 46.3 Å². The van der Waals surface area contributed by atoms with Crippen LogP contribution in [0.15, 0.2) is 29.2 Å². The van der Waals surface area contributed by atoms with Crippen molar-refractivity contribution in [3.8, 4) is 0 Å². The van der Waals surface area contributed by atoms with Gasteiger partial charge in [0.1, 0.15) is 0 Å². The summed E-state index contributed by atoms with van der Waals surface area (Å²) in [5.41, 5.74) is 6.72. The summed E-state index contributed by atoms with van der Waals surface area (Å²) >= 11 is 1.70. The van der Waals surface area contributed by atoms with E-state index in [2.05, 4.69) is 0 Å². The Hall–Kier alpha value is -1.00. The van der Waals surface area contributed by atoms with Gasteiger partial charge in [-0.1, -0.05) is 0 Å². The van der Waals surface area contributed by atoms with E-state index in [1.165, 1.54) is 4.90 Å². The van der Waals surface area contributed by atoms with E-state index in [0.29, 0.717) is 0 Å². The van der Waals surface area contributed by atoms with Gasteiger partial charge in [0.2, 0.25) is 5.91 Å². The zero-order valence-corrected chi connectivity index (χ0v) is 10.2. The van der Waals surface area contributed by atoms with Gasteiger partial charge >= 0.3 is 0 Å². The van der Waals surface area contributed by atoms with Crippen molar-refractivity contribution < 1.29 is 4.79 Å². The molecular formula is C12H16N2OS. The zero-order valence-electron chi connectivity index (χ0n) is 9.35. The molecule has 86 valence electrons. The van der Waals surface area contributed by atoms with E-state index < -0.39 is 0 Å². The lowest BCUT2D eigenvalue weighted by Crippen LogP contribution is -2.48. The van der Waals surface area contributed by atoms with E-state index in [1.807, 2.05) is 30.5 Å². The molecule has 0 saturated carbocycles. The number of carbonyl (C=O) groups is 1. The van der Waals surface area contributed by atoms with Crippen LogP contribution in [0.3, 0.4) is 0 Å². The van der Waals surface area contributed by atoms with Crippen molar-refractivity contribution >= 4 is 23.4 Å². The van der Waals surface area contributed by atoms with E-state index in [9.17, 15) is 4.79 Å². The fraction of sp³-hybridized carbons (Fsp3) is 0.417. The smallest absolute Gasteiger partial charge is 0.243 e. The normalized spacial score (nSPS) is 21.2. The van der Waals surface area contributed by atoms with E-state index >= 15 is 0 Å². The summed E-state index contributed by atoms with van der Waals surface area (Å²) < 4.78 is 0. The quantitative estimate of drug-likeness (QED) is 0.797. The third-order valence-corrected chi connectivity index (χ3v) is 3.61. The Morgan fingerprint density at radius 2 is 2.06 bits per heavy atom. The first-order chi connectivity index (χ1) is 7.72. The lowest BCUT2D eigenvalue weighted by atomic mass is 10.1. The van der Waals surface area contributed by atoms with Crippen LogP contribution in [0.1, 0.15) is 12.8 Å². The average molecular weight is 236 g/mol. The van der Waals surface area contributed by atoms with Gasteiger partial charge in [-0.3, -0.25) is 4.79 Å². The van der Waals surface area contributed by atoms with Crippen LogP contribution in [0.4, 0.5) is 5.69 Å². The molecule has 1 aromatic rings. The minimum atomic E-state index is -0.325. The first-order valence-electron chi connectivity index (χ1n) is 5.43. The molecule has 1 fully saturated rings. The minimum Gasteiger partial charge on any atom is -0.320 e. The van der Waals surface area contributed by atoms with Crippen LogP contribution in [0, 0.1) is 0 Å². The standard InChI is InChI=1S/C12H16N2OS/c1-16-10-6-4-9(5-7-10)14-8-2-3-11(13)12(14)15/h4-7,11H,2-3,8,13H2,1H3. The van der Waals surface area contributed by atoms with E-state index in [-0.39, 0.29) is 11.9 Å². The summed E-state index contributed by atoms with van der Waals surface area (Å²) in [6.45, 7) is 0.783. The summed E-state index contributed by atoms with van der Waals surface area (Å²) in [4.78, 5) is 14.9. The molecule has 1 aliphatic heterocycles. The molecule has 1 atom stereocenters. The number of piperidine rings is 1. The maximum atomic E-state index is 11.9. The molecular weight excluding hydrogens is 220 g/mol. The molecule has 1 unspecified atom stereocenters. The highest BCUT2D eigenvalue weighted by atomic mass is 32.2. The van der Waals surface area contributed by atoms with Crippen molar-refractivity contribution in [3.63, 3.8) is 0 Å². The first kappa shape index (κ1) is 11.5. The number of thioether (sulfide) groups is 1. The lowest BCUT2D eigenvalue weighted by molar-refractivity contribution is -0.120. The van der Waals surface area contributed by atoms with Gasteiger partial charge in [0, 0.05) is 17.1 Å². The maximum Gasteiger partial charge on any atom is 0.243 e. The van der Waals surface area contributed by atoms with Crippen LogP contribution in [-0.4, -0.2) is 24.7 Å². The monoisotopic (exact) mass is 236 g/mol. The van der Waals surface area contributed by atoms with Gasteiger partial charge in [0.25, 0.3) is 0 Å². The van der Waals surface area contributed by atoms with Crippen LogP contribution in [0.25, 0.3) is 0 Å². The second-order valence-electron chi connectivity index (χ2n) is 3.94. The van der Waals surface area contributed by atoms with Gasteiger partial charge in [0.15, 0.2) is 0 Å². The highest BCUT2D eigenvalue weighted by Gasteiger charge is 2.26. The van der Waals surface area contributed by atoms with Gasteiger partial charge in [-0.15, -0.1) is 11.8 Å². The van der Waals surface area contributed by atoms with Crippen LogP contribution < -0.4 is 10.6 Å². The van der Waals surface area contributed by atoms with Crippen molar-refractivity contribution in [2.75, 3.05) is 17.7 Å². The number of rotatable bonds is 2. The number of hydrogen-bond acceptors (Lipinski definition) is 3. The minimum absolute atomic E-state index is 0.0446. The summed E-state index contributed by atoms with van der Waals surface area (Å²) in [6, 6.07) is 7.72. The third kappa shape index (κ3) is 2.23. The number of amides is 1. The average Bonchev–Trinajstić information content (AvgIpc) is 2.33. The summed E-state index contributed by atoms with van der Waals surface area (Å²) in [5, 5.41) is 0. The van der Waals surface area contributed by atoms with Gasteiger partial charge in [-0.25, -0.2) is 0 Å². The molecule has 3 nitrogen and oxygen atoms in total. The Morgan fingerprint density at radius 3 is 2.69 bits per heavy atom. The molecule has 2 N–H and O–H groups in total. The third-order valence-electron chi connectivity index (χ3n) is 2.86. The molecule has 0 spiro atoms. The van der Waals surface area contributed by atoms with E-state index in [4.69, 9.17) is 5.73 Å². The number of carbonyl (C=O) groups excluding carboxylic acids is 1. The molecule has 0 radical (unpaired) electrons. The predicted octanol–water partition coefficient (Wildman–Crippen LogP) is 1.86. The second kappa shape index (κ2) is 4.89. The zero-order chi connectivity index (χ0) is 11.5. The van der Waals surface area contributed by atoms with Crippen molar-refractivity contribution in [1.82, 2.24) is 0 Å². The van der Waals surface area contributed by atoms with Crippen LogP contribution >= 0.6 is 11.8 Å². The number of nitrogens with zero attached hydrogens (tertiary/aromatic N) is 1. The first-order valence-corrected chi connectivity index (χ1v) is 6.66. The van der Waals surface area contributed by atoms with Crippen molar-refractivity contribution in [2.24, 2.45) is 5.73 Å². The molecule has 0 aliphatic carbocycles. The second-order valence-corrected chi connectivity index (χ2v) is 4.82. The Morgan fingerprint density at radius 1 is 1.38 bits per heavy atom. The molecule has 1 saturated heterocycles. The molecule has 1 aromatic carbocycles. The lowest BCUT2D eigenvalue weighted by Gasteiger charge is -2.30. The molecule has 2 rings (SSSR count). The Balaban J connectivity index is 2.19. The van der Waals surface area contributed by atoms with Crippen LogP contribution in [0.2, 0.25) is 0 Å².